The summed E-state index contributed by atoms with van der Waals surface area (Å²) in [5.41, 5.74) is 1.97. The largest absolute Gasteiger partial charge is 0.493 e. The van der Waals surface area contributed by atoms with Gasteiger partial charge in [0.05, 0.1) is 6.61 Å². The van der Waals surface area contributed by atoms with Gasteiger partial charge in [-0.2, -0.15) is 0 Å². The van der Waals surface area contributed by atoms with Gasteiger partial charge in [-0.15, -0.1) is 0 Å². The Morgan fingerprint density at radius 3 is 2.94 bits per heavy atom. The number of rotatable bonds is 1. The molecule has 0 aliphatic carbocycles. The molecule has 2 heterocycles. The number of carbonyl (C=O) groups excluding carboxylic acids is 1. The molecular formula is C14H18N2O2. The van der Waals surface area contributed by atoms with E-state index in [2.05, 4.69) is 5.32 Å². The molecule has 1 aromatic carbocycles. The fraction of sp³-hybridized carbons (Fsp3) is 0.500. The lowest BCUT2D eigenvalue weighted by atomic mass is 10.0. The minimum Gasteiger partial charge on any atom is -0.493 e. The molecule has 3 rings (SSSR count). The standard InChI is InChI=1S/C14H18N2O2/c17-14(16-7-5-15-6-8-16)12-4-3-11-2-1-9-18-13(11)10-12/h3-4,10,15H,1-2,5-9H2. The first-order valence-corrected chi connectivity index (χ1v) is 6.60. The summed E-state index contributed by atoms with van der Waals surface area (Å²) in [7, 11) is 0. The fourth-order valence-corrected chi connectivity index (χ4v) is 2.52. The van der Waals surface area contributed by atoms with E-state index < -0.39 is 0 Å². The maximum atomic E-state index is 12.3. The van der Waals surface area contributed by atoms with Crippen LogP contribution in [0.1, 0.15) is 22.3 Å². The van der Waals surface area contributed by atoms with E-state index in [0.29, 0.717) is 0 Å². The molecule has 1 saturated heterocycles. The maximum Gasteiger partial charge on any atom is 0.254 e. The van der Waals surface area contributed by atoms with Gasteiger partial charge in [-0.3, -0.25) is 4.79 Å². The number of carbonyl (C=O) groups is 1. The predicted molar refractivity (Wildman–Crippen MR) is 69.0 cm³/mol. The Bertz CT molecular complexity index is 453. The Morgan fingerprint density at radius 1 is 1.28 bits per heavy atom. The Balaban J connectivity index is 1.80. The predicted octanol–water partition coefficient (Wildman–Crippen LogP) is 1.06. The lowest BCUT2D eigenvalue weighted by molar-refractivity contribution is 0.0735. The summed E-state index contributed by atoms with van der Waals surface area (Å²) in [4.78, 5) is 14.2. The van der Waals surface area contributed by atoms with Crippen LogP contribution in [0.2, 0.25) is 0 Å². The minimum absolute atomic E-state index is 0.119. The van der Waals surface area contributed by atoms with Crippen LogP contribution >= 0.6 is 0 Å². The topological polar surface area (TPSA) is 41.6 Å². The summed E-state index contributed by atoms with van der Waals surface area (Å²) >= 11 is 0. The zero-order chi connectivity index (χ0) is 12.4. The monoisotopic (exact) mass is 246 g/mol. The molecule has 4 nitrogen and oxygen atoms in total. The van der Waals surface area contributed by atoms with Crippen LogP contribution in [0, 0.1) is 0 Å². The van der Waals surface area contributed by atoms with Crippen molar-refractivity contribution >= 4 is 5.91 Å². The molecule has 1 aromatic rings. The van der Waals surface area contributed by atoms with Crippen molar-refractivity contribution in [2.75, 3.05) is 32.8 Å². The molecule has 2 aliphatic heterocycles. The number of hydrogen-bond acceptors (Lipinski definition) is 3. The van der Waals surface area contributed by atoms with Crippen LogP contribution in [-0.4, -0.2) is 43.6 Å². The smallest absolute Gasteiger partial charge is 0.254 e. The quantitative estimate of drug-likeness (QED) is 0.805. The van der Waals surface area contributed by atoms with Crippen molar-refractivity contribution in [3.05, 3.63) is 29.3 Å². The van der Waals surface area contributed by atoms with E-state index in [1.165, 1.54) is 5.56 Å². The van der Waals surface area contributed by atoms with Crippen molar-refractivity contribution in [3.63, 3.8) is 0 Å². The van der Waals surface area contributed by atoms with Gasteiger partial charge in [0.25, 0.3) is 5.91 Å². The van der Waals surface area contributed by atoms with Crippen molar-refractivity contribution in [1.29, 1.82) is 0 Å². The summed E-state index contributed by atoms with van der Waals surface area (Å²) in [6, 6.07) is 5.86. The first kappa shape index (κ1) is 11.5. The fourth-order valence-electron chi connectivity index (χ4n) is 2.52. The molecule has 1 amide bonds. The van der Waals surface area contributed by atoms with Crippen molar-refractivity contribution in [1.82, 2.24) is 10.2 Å². The van der Waals surface area contributed by atoms with Crippen molar-refractivity contribution < 1.29 is 9.53 Å². The van der Waals surface area contributed by atoms with Gasteiger partial charge < -0.3 is 15.0 Å². The molecule has 1 N–H and O–H groups in total. The van der Waals surface area contributed by atoms with Gasteiger partial charge in [-0.05, 0) is 30.5 Å². The number of fused-ring (bicyclic) bond motifs is 1. The molecule has 0 aromatic heterocycles. The molecule has 2 aliphatic rings. The van der Waals surface area contributed by atoms with Crippen LogP contribution < -0.4 is 10.1 Å². The van der Waals surface area contributed by atoms with E-state index in [4.69, 9.17) is 4.74 Å². The molecule has 0 saturated carbocycles. The number of aryl methyl sites for hydroxylation is 1. The van der Waals surface area contributed by atoms with Crippen LogP contribution in [0.5, 0.6) is 5.75 Å². The highest BCUT2D eigenvalue weighted by atomic mass is 16.5. The van der Waals surface area contributed by atoms with Crippen LogP contribution in [-0.2, 0) is 6.42 Å². The van der Waals surface area contributed by atoms with E-state index in [0.717, 1.165) is 56.9 Å². The van der Waals surface area contributed by atoms with Gasteiger partial charge in [0.2, 0.25) is 0 Å². The van der Waals surface area contributed by atoms with Gasteiger partial charge in [0.15, 0.2) is 0 Å². The first-order valence-electron chi connectivity index (χ1n) is 6.60. The number of nitrogens with one attached hydrogen (secondary N) is 1. The Labute approximate surface area is 107 Å². The van der Waals surface area contributed by atoms with E-state index in [1.54, 1.807) is 0 Å². The van der Waals surface area contributed by atoms with E-state index in [9.17, 15) is 4.79 Å². The number of ether oxygens (including phenoxy) is 1. The average Bonchev–Trinajstić information content (AvgIpc) is 2.47. The van der Waals surface area contributed by atoms with Crippen LogP contribution in [0.25, 0.3) is 0 Å². The molecule has 0 bridgehead atoms. The highest BCUT2D eigenvalue weighted by Gasteiger charge is 2.20. The van der Waals surface area contributed by atoms with Gasteiger partial charge in [-0.25, -0.2) is 0 Å². The molecule has 0 unspecified atom stereocenters. The van der Waals surface area contributed by atoms with Crippen molar-refractivity contribution in [3.8, 4) is 5.75 Å². The van der Waals surface area contributed by atoms with Gasteiger partial charge in [0.1, 0.15) is 5.75 Å². The summed E-state index contributed by atoms with van der Waals surface area (Å²) in [5, 5.41) is 3.25. The summed E-state index contributed by atoms with van der Waals surface area (Å²) in [5.74, 6) is 1.01. The van der Waals surface area contributed by atoms with Crippen LogP contribution in [0.3, 0.4) is 0 Å². The van der Waals surface area contributed by atoms with Crippen molar-refractivity contribution in [2.45, 2.75) is 12.8 Å². The van der Waals surface area contributed by atoms with Crippen LogP contribution in [0.15, 0.2) is 18.2 Å². The molecular weight excluding hydrogens is 228 g/mol. The molecule has 96 valence electrons. The van der Waals surface area contributed by atoms with Crippen molar-refractivity contribution in [2.24, 2.45) is 0 Å². The number of piperazine rings is 1. The zero-order valence-corrected chi connectivity index (χ0v) is 10.4. The Hall–Kier alpha value is -1.55. The summed E-state index contributed by atoms with van der Waals surface area (Å²) < 4.78 is 5.62. The lowest BCUT2D eigenvalue weighted by Crippen LogP contribution is -2.46. The molecule has 0 atom stereocenters. The van der Waals surface area contributed by atoms with Gasteiger partial charge >= 0.3 is 0 Å². The van der Waals surface area contributed by atoms with Gasteiger partial charge in [-0.1, -0.05) is 6.07 Å². The van der Waals surface area contributed by atoms with E-state index in [-0.39, 0.29) is 5.91 Å². The molecule has 4 heteroatoms. The number of nitrogens with zero attached hydrogens (tertiary/aromatic N) is 1. The zero-order valence-electron chi connectivity index (χ0n) is 10.4. The Morgan fingerprint density at radius 2 is 2.11 bits per heavy atom. The highest BCUT2D eigenvalue weighted by Crippen LogP contribution is 2.26. The average molecular weight is 246 g/mol. The summed E-state index contributed by atoms with van der Waals surface area (Å²) in [6.07, 6.45) is 2.12. The molecule has 1 fully saturated rings. The number of amides is 1. The third-order valence-corrected chi connectivity index (χ3v) is 3.57. The van der Waals surface area contributed by atoms with Crippen LogP contribution in [0.4, 0.5) is 0 Å². The number of hydrogen-bond donors (Lipinski definition) is 1. The van der Waals surface area contributed by atoms with E-state index in [1.807, 2.05) is 23.1 Å². The second-order valence-electron chi connectivity index (χ2n) is 4.82. The third-order valence-electron chi connectivity index (χ3n) is 3.57. The second kappa shape index (κ2) is 4.98. The Kier molecular flexibility index (Phi) is 3.19. The van der Waals surface area contributed by atoms with E-state index >= 15 is 0 Å². The first-order chi connectivity index (χ1) is 8.84. The minimum atomic E-state index is 0.119. The molecule has 18 heavy (non-hydrogen) atoms. The summed E-state index contributed by atoms with van der Waals surface area (Å²) in [6.45, 7) is 4.10. The molecule has 0 radical (unpaired) electrons. The molecule has 0 spiro atoms. The lowest BCUT2D eigenvalue weighted by Gasteiger charge is -2.28. The maximum absolute atomic E-state index is 12.3. The normalized spacial score (nSPS) is 19.0. The highest BCUT2D eigenvalue weighted by molar-refractivity contribution is 5.94. The SMILES string of the molecule is O=C(c1ccc2c(c1)OCCC2)N1CCNCC1. The van der Waals surface area contributed by atoms with Gasteiger partial charge in [0, 0.05) is 31.7 Å². The third kappa shape index (κ3) is 2.20. The number of benzene rings is 1. The second-order valence-corrected chi connectivity index (χ2v) is 4.82.